The SMILES string of the molecule is CCCON=C(C(=O)NC1C(=O)N2C(C(=O)O)=C(CSc3nnnn3C)CS[C@@H]12)c1cccc(N)n1. The number of carbonyl (C=O) groups excluding carboxylic acids is 2. The van der Waals surface area contributed by atoms with Crippen LogP contribution in [-0.4, -0.2) is 88.2 Å². The molecule has 0 saturated carbocycles. The van der Waals surface area contributed by atoms with E-state index in [1.54, 1.807) is 25.2 Å². The lowest BCUT2D eigenvalue weighted by Gasteiger charge is -2.49. The Labute approximate surface area is 213 Å². The summed E-state index contributed by atoms with van der Waals surface area (Å²) in [6.45, 7) is 2.17. The number of tetrazole rings is 1. The minimum Gasteiger partial charge on any atom is -0.477 e. The number of pyridine rings is 1. The molecule has 1 saturated heterocycles. The second-order valence-corrected chi connectivity index (χ2v) is 9.76. The molecule has 2 aromatic rings. The van der Waals surface area contributed by atoms with Crippen molar-refractivity contribution in [3.63, 3.8) is 0 Å². The summed E-state index contributed by atoms with van der Waals surface area (Å²) in [5, 5.41) is 27.5. The van der Waals surface area contributed by atoms with Crippen LogP contribution in [0.15, 0.2) is 39.8 Å². The lowest BCUT2D eigenvalue weighted by atomic mass is 10.0. The van der Waals surface area contributed by atoms with E-state index in [4.69, 9.17) is 10.6 Å². The van der Waals surface area contributed by atoms with Gasteiger partial charge in [0.2, 0.25) is 5.16 Å². The van der Waals surface area contributed by atoms with Gasteiger partial charge in [0.05, 0.1) is 0 Å². The Morgan fingerprint density at radius 2 is 2.22 bits per heavy atom. The molecule has 2 aliphatic heterocycles. The van der Waals surface area contributed by atoms with Gasteiger partial charge < -0.3 is 21.0 Å². The van der Waals surface area contributed by atoms with E-state index in [9.17, 15) is 19.5 Å². The maximum Gasteiger partial charge on any atom is 0.352 e. The normalized spacial score (nSPS) is 19.6. The van der Waals surface area contributed by atoms with E-state index in [1.165, 1.54) is 33.1 Å². The Hall–Kier alpha value is -3.66. The van der Waals surface area contributed by atoms with Crippen LogP contribution in [0.3, 0.4) is 0 Å². The third-order valence-electron chi connectivity index (χ3n) is 5.17. The number of thioether (sulfide) groups is 2. The fourth-order valence-corrected chi connectivity index (χ4v) is 5.82. The summed E-state index contributed by atoms with van der Waals surface area (Å²) >= 11 is 2.63. The van der Waals surface area contributed by atoms with Crippen LogP contribution in [0.5, 0.6) is 0 Å². The number of aryl methyl sites for hydroxylation is 1. The molecule has 4 heterocycles. The number of β-lactam (4-membered cyclic amide) rings is 1. The molecule has 0 spiro atoms. The van der Waals surface area contributed by atoms with Crippen LogP contribution in [0.2, 0.25) is 0 Å². The van der Waals surface area contributed by atoms with Crippen LogP contribution in [0, 0.1) is 0 Å². The fraction of sp³-hybridized carbons (Fsp3) is 0.400. The number of carboxylic acid groups (broad SMARTS) is 1. The largest absolute Gasteiger partial charge is 0.477 e. The Bertz CT molecular complexity index is 1250. The van der Waals surface area contributed by atoms with E-state index in [0.717, 1.165) is 0 Å². The van der Waals surface area contributed by atoms with E-state index >= 15 is 0 Å². The highest BCUT2D eigenvalue weighted by Crippen LogP contribution is 2.41. The third kappa shape index (κ3) is 5.13. The molecular weight excluding hydrogens is 510 g/mol. The number of nitrogens with zero attached hydrogens (tertiary/aromatic N) is 7. The molecule has 36 heavy (non-hydrogen) atoms. The number of fused-ring (bicyclic) bond motifs is 1. The van der Waals surface area contributed by atoms with Crippen molar-refractivity contribution >= 4 is 52.8 Å². The molecule has 14 nitrogen and oxygen atoms in total. The van der Waals surface area contributed by atoms with E-state index in [0.29, 0.717) is 28.7 Å². The molecule has 1 fully saturated rings. The topological polar surface area (TPSA) is 191 Å². The number of hydrogen-bond donors (Lipinski definition) is 3. The molecule has 4 rings (SSSR count). The number of carbonyl (C=O) groups is 3. The second-order valence-electron chi connectivity index (χ2n) is 7.71. The highest BCUT2D eigenvalue weighted by Gasteiger charge is 2.54. The average molecular weight is 534 g/mol. The van der Waals surface area contributed by atoms with Crippen LogP contribution in [0.4, 0.5) is 5.82 Å². The van der Waals surface area contributed by atoms with E-state index in [-0.39, 0.29) is 29.5 Å². The third-order valence-corrected chi connectivity index (χ3v) is 7.61. The number of anilines is 1. The lowest BCUT2D eigenvalue weighted by molar-refractivity contribution is -0.150. The molecule has 0 aliphatic carbocycles. The number of hydrogen-bond acceptors (Lipinski definition) is 12. The number of nitrogens with one attached hydrogen (secondary N) is 1. The van der Waals surface area contributed by atoms with Gasteiger partial charge in [0.25, 0.3) is 11.8 Å². The number of nitrogens with two attached hydrogens (primary N) is 1. The Morgan fingerprint density at radius 3 is 2.89 bits per heavy atom. The lowest BCUT2D eigenvalue weighted by Crippen LogP contribution is -2.71. The first-order valence-electron chi connectivity index (χ1n) is 10.8. The van der Waals surface area contributed by atoms with Crippen molar-refractivity contribution in [3.8, 4) is 0 Å². The Kier molecular flexibility index (Phi) is 7.73. The van der Waals surface area contributed by atoms with Crippen LogP contribution < -0.4 is 11.1 Å². The van der Waals surface area contributed by atoms with Crippen molar-refractivity contribution in [2.24, 2.45) is 12.2 Å². The highest BCUT2D eigenvalue weighted by molar-refractivity contribution is 8.01. The predicted octanol–water partition coefficient (Wildman–Crippen LogP) is -0.151. The standard InChI is InChI=1S/C20H23N9O5S2/c1-3-7-34-25-13(11-5-4-6-12(21)22-11)16(30)23-14-17(31)29-15(19(32)33)10(8-35-18(14)29)9-36-20-24-26-27-28(20)2/h4-6,14,18H,3,7-9H2,1-2H3,(H2,21,22)(H,23,30)(H,32,33)/t14?,18-/m0/s1. The van der Waals surface area contributed by atoms with E-state index < -0.39 is 29.2 Å². The Morgan fingerprint density at radius 1 is 1.42 bits per heavy atom. The van der Waals surface area contributed by atoms with Crippen LogP contribution >= 0.6 is 23.5 Å². The van der Waals surface area contributed by atoms with Crippen molar-refractivity contribution in [1.29, 1.82) is 0 Å². The second kappa shape index (κ2) is 10.9. The molecule has 0 aromatic carbocycles. The molecule has 4 N–H and O–H groups in total. The zero-order valence-electron chi connectivity index (χ0n) is 19.3. The van der Waals surface area contributed by atoms with Gasteiger partial charge in [0.1, 0.15) is 35.2 Å². The number of carboxylic acids is 1. The average Bonchev–Trinajstić information content (AvgIpc) is 3.27. The van der Waals surface area contributed by atoms with Gasteiger partial charge in [-0.05, 0) is 34.6 Å². The van der Waals surface area contributed by atoms with Gasteiger partial charge in [0.15, 0.2) is 5.71 Å². The van der Waals surface area contributed by atoms with Gasteiger partial charge in [-0.25, -0.2) is 14.5 Å². The molecule has 2 aromatic heterocycles. The number of nitrogen functional groups attached to an aromatic ring is 1. The molecule has 2 atom stereocenters. The van der Waals surface area contributed by atoms with Crippen LogP contribution in [0.25, 0.3) is 0 Å². The molecule has 0 bridgehead atoms. The van der Waals surface area contributed by atoms with E-state index in [1.807, 2.05) is 6.92 Å². The molecule has 1 unspecified atom stereocenters. The number of amides is 2. The minimum absolute atomic E-state index is 0.0884. The Balaban J connectivity index is 1.50. The molecule has 190 valence electrons. The molecule has 2 amide bonds. The van der Waals surface area contributed by atoms with Gasteiger partial charge in [0, 0.05) is 18.6 Å². The molecule has 0 radical (unpaired) electrons. The smallest absolute Gasteiger partial charge is 0.352 e. The first-order valence-corrected chi connectivity index (χ1v) is 12.8. The quantitative estimate of drug-likeness (QED) is 0.120. The zero-order chi connectivity index (χ0) is 25.8. The van der Waals surface area contributed by atoms with Crippen molar-refractivity contribution in [3.05, 3.63) is 35.2 Å². The fourth-order valence-electron chi connectivity index (χ4n) is 3.49. The van der Waals surface area contributed by atoms with Gasteiger partial charge in [-0.2, -0.15) is 0 Å². The van der Waals surface area contributed by atoms with Crippen LogP contribution in [-0.2, 0) is 26.3 Å². The number of rotatable bonds is 10. The molecule has 16 heteroatoms. The summed E-state index contributed by atoms with van der Waals surface area (Å²) in [6.07, 6.45) is 0.676. The van der Waals surface area contributed by atoms with E-state index in [2.05, 4.69) is 31.0 Å². The first-order chi connectivity index (χ1) is 17.3. The van der Waals surface area contributed by atoms with Crippen molar-refractivity contribution in [2.75, 3.05) is 23.8 Å². The first kappa shape index (κ1) is 25.4. The maximum atomic E-state index is 13.1. The summed E-state index contributed by atoms with van der Waals surface area (Å²) in [4.78, 5) is 48.7. The van der Waals surface area contributed by atoms with Crippen molar-refractivity contribution in [1.82, 2.24) is 35.4 Å². The number of aromatic nitrogens is 5. The predicted molar refractivity (Wildman–Crippen MR) is 131 cm³/mol. The van der Waals surface area contributed by atoms with Crippen LogP contribution in [0.1, 0.15) is 19.0 Å². The van der Waals surface area contributed by atoms with Crippen molar-refractivity contribution < 1.29 is 24.3 Å². The van der Waals surface area contributed by atoms with Gasteiger partial charge in [-0.15, -0.1) is 16.9 Å². The summed E-state index contributed by atoms with van der Waals surface area (Å²) in [6, 6.07) is 3.80. The monoisotopic (exact) mass is 533 g/mol. The summed E-state index contributed by atoms with van der Waals surface area (Å²) in [5.41, 5.74) is 6.27. The summed E-state index contributed by atoms with van der Waals surface area (Å²) < 4.78 is 1.48. The minimum atomic E-state index is -1.22. The highest BCUT2D eigenvalue weighted by atomic mass is 32.2. The molecule has 2 aliphatic rings. The summed E-state index contributed by atoms with van der Waals surface area (Å²) in [5.74, 6) is -1.59. The van der Waals surface area contributed by atoms with Gasteiger partial charge in [-0.3, -0.25) is 14.5 Å². The summed E-state index contributed by atoms with van der Waals surface area (Å²) in [7, 11) is 1.68. The maximum absolute atomic E-state index is 13.1. The molecular formula is C20H23N9O5S2. The van der Waals surface area contributed by atoms with Gasteiger partial charge in [-0.1, -0.05) is 29.9 Å². The number of aliphatic carboxylic acids is 1. The number of oxime groups is 1. The van der Waals surface area contributed by atoms with Gasteiger partial charge >= 0.3 is 5.97 Å². The zero-order valence-corrected chi connectivity index (χ0v) is 21.0. The van der Waals surface area contributed by atoms with Crippen molar-refractivity contribution in [2.45, 2.75) is 29.9 Å².